The van der Waals surface area contributed by atoms with Crippen LogP contribution in [0.5, 0.6) is 0 Å². The summed E-state index contributed by atoms with van der Waals surface area (Å²) >= 11 is 3.05. The first kappa shape index (κ1) is 15.7. The van der Waals surface area contributed by atoms with Gasteiger partial charge >= 0.3 is 0 Å². The Bertz CT molecular complexity index is 618. The molecule has 0 spiro atoms. The minimum absolute atomic E-state index is 0.0403. The van der Waals surface area contributed by atoms with E-state index in [9.17, 15) is 9.59 Å². The zero-order valence-corrected chi connectivity index (χ0v) is 13.7. The van der Waals surface area contributed by atoms with Crippen molar-refractivity contribution in [2.75, 3.05) is 13.1 Å². The molecule has 0 bridgehead atoms. The molecule has 2 aromatic heterocycles. The van der Waals surface area contributed by atoms with Gasteiger partial charge in [-0.05, 0) is 37.8 Å². The lowest BCUT2D eigenvalue weighted by Gasteiger charge is -2.06. The van der Waals surface area contributed by atoms with Crippen LogP contribution in [0.25, 0.3) is 0 Å². The second-order valence-corrected chi connectivity index (χ2v) is 7.08. The fourth-order valence-corrected chi connectivity index (χ4v) is 3.50. The summed E-state index contributed by atoms with van der Waals surface area (Å²) in [5, 5.41) is 7.59. The van der Waals surface area contributed by atoms with Gasteiger partial charge in [0.15, 0.2) is 0 Å². The number of hydrogen-bond donors (Lipinski definition) is 2. The third-order valence-corrected chi connectivity index (χ3v) is 4.79. The van der Waals surface area contributed by atoms with E-state index in [2.05, 4.69) is 10.6 Å². The summed E-state index contributed by atoms with van der Waals surface area (Å²) in [4.78, 5) is 26.5. The Morgan fingerprint density at radius 1 is 1.14 bits per heavy atom. The van der Waals surface area contributed by atoms with E-state index >= 15 is 0 Å². The number of carbonyl (C=O) groups is 2. The molecule has 2 heterocycles. The second kappa shape index (κ2) is 7.38. The predicted octanol–water partition coefficient (Wildman–Crippen LogP) is 2.98. The monoisotopic (exact) mass is 322 g/mol. The highest BCUT2D eigenvalue weighted by molar-refractivity contribution is 7.12. The number of hydrogen-bond acceptors (Lipinski definition) is 4. The summed E-state index contributed by atoms with van der Waals surface area (Å²) in [6, 6.07) is 5.56. The quantitative estimate of drug-likeness (QED) is 0.803. The molecule has 21 heavy (non-hydrogen) atoms. The summed E-state index contributed by atoms with van der Waals surface area (Å²) in [6.07, 6.45) is 0.713. The van der Waals surface area contributed by atoms with E-state index in [-0.39, 0.29) is 11.8 Å². The van der Waals surface area contributed by atoms with Gasteiger partial charge in [-0.3, -0.25) is 9.59 Å². The van der Waals surface area contributed by atoms with Crippen LogP contribution >= 0.6 is 22.7 Å². The summed E-state index contributed by atoms with van der Waals surface area (Å²) in [6.45, 7) is 5.05. The van der Waals surface area contributed by atoms with Crippen molar-refractivity contribution in [3.63, 3.8) is 0 Å². The van der Waals surface area contributed by atoms with Crippen LogP contribution in [0.3, 0.4) is 0 Å². The molecule has 2 N–H and O–H groups in total. The highest BCUT2D eigenvalue weighted by Gasteiger charge is 2.11. The Hall–Kier alpha value is -1.66. The van der Waals surface area contributed by atoms with E-state index in [0.29, 0.717) is 24.4 Å². The number of aryl methyl sites for hydroxylation is 2. The van der Waals surface area contributed by atoms with Gasteiger partial charge in [0.05, 0.1) is 10.4 Å². The molecule has 0 aliphatic carbocycles. The molecule has 2 aromatic rings. The van der Waals surface area contributed by atoms with Crippen molar-refractivity contribution in [2.45, 2.75) is 20.3 Å². The first-order valence-corrected chi connectivity index (χ1v) is 8.44. The van der Waals surface area contributed by atoms with Crippen molar-refractivity contribution in [1.29, 1.82) is 0 Å². The van der Waals surface area contributed by atoms with Crippen molar-refractivity contribution in [3.05, 3.63) is 43.8 Å². The predicted molar refractivity (Wildman–Crippen MR) is 87.4 cm³/mol. The molecule has 0 aliphatic heterocycles. The molecule has 0 unspecified atom stereocenters. The average Bonchev–Trinajstić information content (AvgIpc) is 3.07. The molecule has 6 heteroatoms. The van der Waals surface area contributed by atoms with Gasteiger partial charge in [-0.25, -0.2) is 0 Å². The van der Waals surface area contributed by atoms with Gasteiger partial charge in [0, 0.05) is 22.8 Å². The Kier molecular flexibility index (Phi) is 5.52. The van der Waals surface area contributed by atoms with Gasteiger partial charge in [0.25, 0.3) is 11.8 Å². The molecule has 112 valence electrons. The van der Waals surface area contributed by atoms with Crippen LogP contribution in [0, 0.1) is 13.8 Å². The van der Waals surface area contributed by atoms with Crippen LogP contribution in [0.15, 0.2) is 23.6 Å². The number of thiophene rings is 2. The maximum atomic E-state index is 12.0. The van der Waals surface area contributed by atoms with Crippen LogP contribution in [0.1, 0.15) is 36.2 Å². The summed E-state index contributed by atoms with van der Waals surface area (Å²) < 4.78 is 0. The lowest BCUT2D eigenvalue weighted by atomic mass is 10.2. The zero-order valence-electron chi connectivity index (χ0n) is 12.1. The van der Waals surface area contributed by atoms with E-state index in [1.807, 2.05) is 31.4 Å². The second-order valence-electron chi connectivity index (χ2n) is 4.67. The van der Waals surface area contributed by atoms with E-state index in [4.69, 9.17) is 0 Å². The first-order chi connectivity index (χ1) is 10.1. The number of amides is 2. The molecule has 0 saturated carbocycles. The minimum atomic E-state index is -0.0550. The van der Waals surface area contributed by atoms with Gasteiger partial charge in [-0.15, -0.1) is 22.7 Å². The summed E-state index contributed by atoms with van der Waals surface area (Å²) in [5.74, 6) is -0.0953. The lowest BCUT2D eigenvalue weighted by Crippen LogP contribution is -2.29. The van der Waals surface area contributed by atoms with Crippen molar-refractivity contribution >= 4 is 34.5 Å². The fourth-order valence-electron chi connectivity index (χ4n) is 1.94. The highest BCUT2D eigenvalue weighted by atomic mass is 32.1. The van der Waals surface area contributed by atoms with Gasteiger partial charge in [-0.1, -0.05) is 6.07 Å². The molecule has 0 radical (unpaired) electrons. The smallest absolute Gasteiger partial charge is 0.261 e. The van der Waals surface area contributed by atoms with E-state index in [1.54, 1.807) is 17.4 Å². The van der Waals surface area contributed by atoms with Crippen LogP contribution < -0.4 is 10.6 Å². The molecule has 2 rings (SSSR count). The zero-order chi connectivity index (χ0) is 15.2. The van der Waals surface area contributed by atoms with E-state index in [0.717, 1.165) is 15.3 Å². The molecule has 0 atom stereocenters. The molecule has 0 aromatic carbocycles. The molecule has 2 amide bonds. The Balaban J connectivity index is 1.67. The Morgan fingerprint density at radius 2 is 1.86 bits per heavy atom. The molecular formula is C15H18N2O2S2. The maximum absolute atomic E-state index is 12.0. The molecule has 0 fully saturated rings. The third kappa shape index (κ3) is 4.41. The van der Waals surface area contributed by atoms with Gasteiger partial charge in [0.1, 0.15) is 0 Å². The average molecular weight is 322 g/mol. The summed E-state index contributed by atoms with van der Waals surface area (Å²) in [5.41, 5.74) is 0.750. The largest absolute Gasteiger partial charge is 0.352 e. The fraction of sp³-hybridized carbons (Fsp3) is 0.333. The minimum Gasteiger partial charge on any atom is -0.352 e. The van der Waals surface area contributed by atoms with Gasteiger partial charge in [0.2, 0.25) is 0 Å². The first-order valence-electron chi connectivity index (χ1n) is 6.75. The number of nitrogens with one attached hydrogen (secondary N) is 2. The topological polar surface area (TPSA) is 58.2 Å². The van der Waals surface area contributed by atoms with Crippen LogP contribution in [0.2, 0.25) is 0 Å². The number of rotatable bonds is 6. The Labute approximate surface area is 132 Å². The molecule has 4 nitrogen and oxygen atoms in total. The Morgan fingerprint density at radius 3 is 2.43 bits per heavy atom. The standard InChI is InChI=1S/C15H18N2O2S2/c1-10-9-12(11(2)21-10)14(18)16-6-4-7-17-15(19)13-5-3-8-20-13/h3,5,8-9H,4,6-7H2,1-2H3,(H,16,18)(H,17,19). The highest BCUT2D eigenvalue weighted by Crippen LogP contribution is 2.20. The van der Waals surface area contributed by atoms with Crippen LogP contribution in [-0.2, 0) is 0 Å². The van der Waals surface area contributed by atoms with Gasteiger partial charge in [-0.2, -0.15) is 0 Å². The van der Waals surface area contributed by atoms with E-state index in [1.165, 1.54) is 11.3 Å². The van der Waals surface area contributed by atoms with Crippen LogP contribution in [-0.4, -0.2) is 24.9 Å². The normalized spacial score (nSPS) is 10.4. The van der Waals surface area contributed by atoms with Crippen molar-refractivity contribution in [1.82, 2.24) is 10.6 Å². The summed E-state index contributed by atoms with van der Waals surface area (Å²) in [7, 11) is 0. The molecular weight excluding hydrogens is 304 g/mol. The SMILES string of the molecule is Cc1cc(C(=O)NCCCNC(=O)c2cccs2)c(C)s1. The maximum Gasteiger partial charge on any atom is 0.261 e. The van der Waals surface area contributed by atoms with Gasteiger partial charge < -0.3 is 10.6 Å². The molecule has 0 aliphatic rings. The van der Waals surface area contributed by atoms with E-state index < -0.39 is 0 Å². The lowest BCUT2D eigenvalue weighted by molar-refractivity contribution is 0.0953. The van der Waals surface area contributed by atoms with Crippen molar-refractivity contribution < 1.29 is 9.59 Å². The van der Waals surface area contributed by atoms with Crippen LogP contribution in [0.4, 0.5) is 0 Å². The molecule has 0 saturated heterocycles. The third-order valence-electron chi connectivity index (χ3n) is 2.96. The van der Waals surface area contributed by atoms with Crippen molar-refractivity contribution in [2.24, 2.45) is 0 Å². The van der Waals surface area contributed by atoms with Crippen molar-refractivity contribution in [3.8, 4) is 0 Å². The number of carbonyl (C=O) groups excluding carboxylic acids is 2.